The monoisotopic (exact) mass is 236 g/mol. The Morgan fingerprint density at radius 2 is 2.12 bits per heavy atom. The number of benzene rings is 1. The van der Waals surface area contributed by atoms with Crippen molar-refractivity contribution in [3.05, 3.63) is 52.0 Å². The third kappa shape index (κ3) is 1.97. The SMILES string of the molecule is COc1cc(C(=O)c2ccsc2)ccc1F. The predicted molar refractivity (Wildman–Crippen MR) is 60.7 cm³/mol. The molecule has 0 atom stereocenters. The van der Waals surface area contributed by atoms with Crippen LogP contribution < -0.4 is 4.74 Å². The molecule has 4 heteroatoms. The van der Waals surface area contributed by atoms with Crippen molar-refractivity contribution in [3.63, 3.8) is 0 Å². The number of rotatable bonds is 3. The number of hydrogen-bond acceptors (Lipinski definition) is 3. The highest BCUT2D eigenvalue weighted by Crippen LogP contribution is 2.21. The van der Waals surface area contributed by atoms with Crippen molar-refractivity contribution < 1.29 is 13.9 Å². The van der Waals surface area contributed by atoms with E-state index < -0.39 is 5.82 Å². The minimum Gasteiger partial charge on any atom is -0.494 e. The lowest BCUT2D eigenvalue weighted by atomic mass is 10.1. The highest BCUT2D eigenvalue weighted by atomic mass is 32.1. The van der Waals surface area contributed by atoms with Crippen LogP contribution in [0, 0.1) is 5.82 Å². The summed E-state index contributed by atoms with van der Waals surface area (Å²) in [5.41, 5.74) is 1.04. The topological polar surface area (TPSA) is 26.3 Å². The Morgan fingerprint density at radius 1 is 1.31 bits per heavy atom. The van der Waals surface area contributed by atoms with E-state index in [1.807, 2.05) is 5.38 Å². The van der Waals surface area contributed by atoms with Crippen molar-refractivity contribution in [2.45, 2.75) is 0 Å². The number of carbonyl (C=O) groups is 1. The van der Waals surface area contributed by atoms with Crippen LogP contribution >= 0.6 is 11.3 Å². The van der Waals surface area contributed by atoms with E-state index in [1.54, 1.807) is 11.4 Å². The lowest BCUT2D eigenvalue weighted by Gasteiger charge is -2.04. The average molecular weight is 236 g/mol. The third-order valence-electron chi connectivity index (χ3n) is 2.20. The quantitative estimate of drug-likeness (QED) is 0.765. The summed E-state index contributed by atoms with van der Waals surface area (Å²) in [6.07, 6.45) is 0. The van der Waals surface area contributed by atoms with Crippen LogP contribution in [0.25, 0.3) is 0 Å². The molecular weight excluding hydrogens is 227 g/mol. The molecule has 0 N–H and O–H groups in total. The molecule has 0 aliphatic rings. The van der Waals surface area contributed by atoms with Crippen molar-refractivity contribution in [1.82, 2.24) is 0 Å². The highest BCUT2D eigenvalue weighted by molar-refractivity contribution is 7.08. The van der Waals surface area contributed by atoms with Gasteiger partial charge in [0.15, 0.2) is 17.3 Å². The Labute approximate surface area is 96.3 Å². The summed E-state index contributed by atoms with van der Waals surface area (Å²) in [7, 11) is 1.37. The first-order valence-electron chi connectivity index (χ1n) is 4.63. The van der Waals surface area contributed by atoms with Crippen LogP contribution in [0.3, 0.4) is 0 Å². The molecule has 0 saturated carbocycles. The minimum atomic E-state index is -0.468. The zero-order valence-corrected chi connectivity index (χ0v) is 9.38. The van der Waals surface area contributed by atoms with Gasteiger partial charge in [0.25, 0.3) is 0 Å². The first-order valence-corrected chi connectivity index (χ1v) is 5.57. The van der Waals surface area contributed by atoms with Crippen LogP contribution in [-0.2, 0) is 0 Å². The van der Waals surface area contributed by atoms with Crippen molar-refractivity contribution in [1.29, 1.82) is 0 Å². The average Bonchev–Trinajstić information content (AvgIpc) is 2.82. The highest BCUT2D eigenvalue weighted by Gasteiger charge is 2.12. The number of carbonyl (C=O) groups excluding carboxylic acids is 1. The molecule has 2 rings (SSSR count). The Bertz CT molecular complexity index is 506. The van der Waals surface area contributed by atoms with Crippen molar-refractivity contribution in [2.24, 2.45) is 0 Å². The number of ketones is 1. The summed E-state index contributed by atoms with van der Waals surface area (Å²) >= 11 is 1.45. The van der Waals surface area contributed by atoms with Crippen LogP contribution in [0.1, 0.15) is 15.9 Å². The number of hydrogen-bond donors (Lipinski definition) is 0. The molecular formula is C12H9FO2S. The van der Waals surface area contributed by atoms with Gasteiger partial charge in [0.05, 0.1) is 7.11 Å². The van der Waals surface area contributed by atoms with E-state index >= 15 is 0 Å². The smallest absolute Gasteiger partial charge is 0.193 e. The maximum Gasteiger partial charge on any atom is 0.193 e. The van der Waals surface area contributed by atoms with Crippen molar-refractivity contribution >= 4 is 17.1 Å². The van der Waals surface area contributed by atoms with Gasteiger partial charge in [-0.2, -0.15) is 11.3 Å². The molecule has 0 spiro atoms. The molecule has 2 aromatic rings. The Balaban J connectivity index is 2.38. The maximum absolute atomic E-state index is 13.1. The van der Waals surface area contributed by atoms with E-state index in [2.05, 4.69) is 0 Å². The van der Waals surface area contributed by atoms with Crippen LogP contribution in [0.2, 0.25) is 0 Å². The molecule has 0 amide bonds. The fourth-order valence-electron chi connectivity index (χ4n) is 1.36. The van der Waals surface area contributed by atoms with E-state index in [0.29, 0.717) is 11.1 Å². The molecule has 0 bridgehead atoms. The molecule has 1 aromatic carbocycles. The Morgan fingerprint density at radius 3 is 2.75 bits per heavy atom. The normalized spacial score (nSPS) is 10.1. The Kier molecular flexibility index (Phi) is 3.01. The number of halogens is 1. The lowest BCUT2D eigenvalue weighted by Crippen LogP contribution is -2.00. The van der Waals surface area contributed by atoms with Gasteiger partial charge in [-0.3, -0.25) is 4.79 Å². The zero-order valence-electron chi connectivity index (χ0n) is 8.57. The van der Waals surface area contributed by atoms with Gasteiger partial charge in [-0.1, -0.05) is 0 Å². The number of methoxy groups -OCH3 is 1. The summed E-state index contributed by atoms with van der Waals surface area (Å²) in [6, 6.07) is 5.84. The van der Waals surface area contributed by atoms with E-state index in [9.17, 15) is 9.18 Å². The molecule has 0 aliphatic heterocycles. The largest absolute Gasteiger partial charge is 0.494 e. The standard InChI is InChI=1S/C12H9FO2S/c1-15-11-6-8(2-3-10(11)13)12(14)9-4-5-16-7-9/h2-7H,1H3. The van der Waals surface area contributed by atoms with E-state index in [-0.39, 0.29) is 11.5 Å². The molecule has 0 aliphatic carbocycles. The molecule has 2 nitrogen and oxygen atoms in total. The van der Waals surface area contributed by atoms with E-state index in [1.165, 1.54) is 36.6 Å². The van der Waals surface area contributed by atoms with Gasteiger partial charge in [-0.15, -0.1) is 0 Å². The Hall–Kier alpha value is -1.68. The van der Waals surface area contributed by atoms with Gasteiger partial charge in [-0.25, -0.2) is 4.39 Å². The zero-order chi connectivity index (χ0) is 11.5. The van der Waals surface area contributed by atoms with Crippen molar-refractivity contribution in [2.75, 3.05) is 7.11 Å². The molecule has 0 radical (unpaired) electrons. The van der Waals surface area contributed by atoms with Gasteiger partial charge >= 0.3 is 0 Å². The lowest BCUT2D eigenvalue weighted by molar-refractivity contribution is 0.103. The molecule has 1 aromatic heterocycles. The van der Waals surface area contributed by atoms with Crippen molar-refractivity contribution in [3.8, 4) is 5.75 Å². The molecule has 0 fully saturated rings. The number of thiophene rings is 1. The fourth-order valence-corrected chi connectivity index (χ4v) is 2.00. The van der Waals surface area contributed by atoms with Gasteiger partial charge in [0.1, 0.15) is 0 Å². The molecule has 82 valence electrons. The number of ether oxygens (including phenoxy) is 1. The first-order chi connectivity index (χ1) is 7.72. The van der Waals surface area contributed by atoms with Crippen LogP contribution in [-0.4, -0.2) is 12.9 Å². The second kappa shape index (κ2) is 4.45. The maximum atomic E-state index is 13.1. The summed E-state index contributed by atoms with van der Waals surface area (Å²) in [6.45, 7) is 0. The minimum absolute atomic E-state index is 0.0843. The molecule has 0 unspecified atom stereocenters. The summed E-state index contributed by atoms with van der Waals surface area (Å²) in [5, 5.41) is 3.59. The van der Waals surface area contributed by atoms with Gasteiger partial charge in [0.2, 0.25) is 0 Å². The summed E-state index contributed by atoms with van der Waals surface area (Å²) in [5.74, 6) is -0.509. The second-order valence-electron chi connectivity index (χ2n) is 3.19. The van der Waals surface area contributed by atoms with Gasteiger partial charge < -0.3 is 4.74 Å². The molecule has 1 heterocycles. The van der Waals surface area contributed by atoms with Crippen LogP contribution in [0.5, 0.6) is 5.75 Å². The summed E-state index contributed by atoms with van der Waals surface area (Å²) in [4.78, 5) is 11.9. The second-order valence-corrected chi connectivity index (χ2v) is 3.97. The molecule has 0 saturated heterocycles. The predicted octanol–water partition coefficient (Wildman–Crippen LogP) is 3.13. The van der Waals surface area contributed by atoms with E-state index in [4.69, 9.17) is 4.74 Å². The van der Waals surface area contributed by atoms with Crippen LogP contribution in [0.15, 0.2) is 35.0 Å². The van der Waals surface area contributed by atoms with Crippen LogP contribution in [0.4, 0.5) is 4.39 Å². The van der Waals surface area contributed by atoms with Gasteiger partial charge in [0, 0.05) is 16.5 Å². The van der Waals surface area contributed by atoms with Gasteiger partial charge in [-0.05, 0) is 29.6 Å². The first kappa shape index (κ1) is 10.8. The summed E-state index contributed by atoms with van der Waals surface area (Å²) < 4.78 is 18.0. The third-order valence-corrected chi connectivity index (χ3v) is 2.88. The van der Waals surface area contributed by atoms with E-state index in [0.717, 1.165) is 0 Å². The molecule has 16 heavy (non-hydrogen) atoms. The fraction of sp³-hybridized carbons (Fsp3) is 0.0833.